The molecule has 3 nitrogen and oxygen atoms in total. The lowest BCUT2D eigenvalue weighted by Crippen LogP contribution is -2.12. The Morgan fingerprint density at radius 2 is 1.80 bits per heavy atom. The van der Waals surface area contributed by atoms with E-state index in [1.165, 1.54) is 12.1 Å². The molecular weight excluding hydrogens is 257 g/mol. The maximum atomic E-state index is 11.0. The van der Waals surface area contributed by atoms with Crippen LogP contribution in [-0.4, -0.2) is 19.7 Å². The van der Waals surface area contributed by atoms with Gasteiger partial charge in [0.1, 0.15) is 0 Å². The average Bonchev–Trinajstić information content (AvgIpc) is 2.17. The molecule has 6 heteroatoms. The highest BCUT2D eigenvalue weighted by Crippen LogP contribution is 2.13. The lowest BCUT2D eigenvalue weighted by Gasteiger charge is -2.05. The van der Waals surface area contributed by atoms with Crippen LogP contribution < -0.4 is 5.14 Å². The molecule has 0 aliphatic heterocycles. The normalized spacial score (nSPS) is 13.8. The fourth-order valence-corrected chi connectivity index (χ4v) is 1.93. The van der Waals surface area contributed by atoms with Gasteiger partial charge in [-0.25, -0.2) is 13.6 Å². The first-order valence-corrected chi connectivity index (χ1v) is 6.77. The van der Waals surface area contributed by atoms with Crippen molar-refractivity contribution in [3.63, 3.8) is 0 Å². The molecule has 1 aromatic carbocycles. The van der Waals surface area contributed by atoms with Gasteiger partial charge < -0.3 is 0 Å². The average molecular weight is 268 g/mol. The molecule has 1 atom stereocenters. The van der Waals surface area contributed by atoms with Crippen LogP contribution in [0.3, 0.4) is 0 Å². The zero-order valence-electron chi connectivity index (χ0n) is 7.86. The minimum absolute atomic E-state index is 0.100. The van der Waals surface area contributed by atoms with Crippen molar-refractivity contribution in [2.75, 3.05) is 5.88 Å². The number of benzene rings is 1. The highest BCUT2D eigenvalue weighted by atomic mass is 35.5. The molecule has 0 fully saturated rings. The fraction of sp³-hybridized carbons (Fsp3) is 0.333. The van der Waals surface area contributed by atoms with E-state index < -0.39 is 10.0 Å². The van der Waals surface area contributed by atoms with E-state index in [-0.39, 0.29) is 10.3 Å². The Hall–Kier alpha value is -0.290. The van der Waals surface area contributed by atoms with Crippen molar-refractivity contribution in [3.8, 4) is 0 Å². The molecule has 0 aromatic heterocycles. The lowest BCUT2D eigenvalue weighted by molar-refractivity contribution is 0.598. The van der Waals surface area contributed by atoms with Crippen molar-refractivity contribution >= 4 is 33.2 Å². The second-order valence-electron chi connectivity index (χ2n) is 3.14. The fourth-order valence-electron chi connectivity index (χ4n) is 1.13. The van der Waals surface area contributed by atoms with E-state index in [1.54, 1.807) is 12.1 Å². The molecule has 0 spiro atoms. The third-order valence-corrected chi connectivity index (χ3v) is 3.64. The minimum atomic E-state index is -3.61. The van der Waals surface area contributed by atoms with Crippen LogP contribution in [0.2, 0.25) is 0 Å². The summed E-state index contributed by atoms with van der Waals surface area (Å²) in [6.07, 6.45) is 0.607. The monoisotopic (exact) mass is 267 g/mol. The van der Waals surface area contributed by atoms with Crippen molar-refractivity contribution < 1.29 is 8.42 Å². The number of hydrogen-bond acceptors (Lipinski definition) is 2. The molecular formula is C9H11Cl2NO2S. The van der Waals surface area contributed by atoms with Crippen molar-refractivity contribution in [2.24, 2.45) is 5.14 Å². The van der Waals surface area contributed by atoms with E-state index >= 15 is 0 Å². The van der Waals surface area contributed by atoms with E-state index in [1.807, 2.05) is 0 Å². The predicted molar refractivity (Wildman–Crippen MR) is 61.9 cm³/mol. The Balaban J connectivity index is 2.82. The Bertz CT molecular complexity index is 416. The first kappa shape index (κ1) is 12.8. The van der Waals surface area contributed by atoms with Crippen molar-refractivity contribution in [1.82, 2.24) is 0 Å². The molecule has 0 heterocycles. The zero-order chi connectivity index (χ0) is 11.5. The molecule has 0 radical (unpaired) electrons. The lowest BCUT2D eigenvalue weighted by atomic mass is 10.1. The summed E-state index contributed by atoms with van der Waals surface area (Å²) in [6, 6.07) is 6.29. The van der Waals surface area contributed by atoms with Gasteiger partial charge in [-0.3, -0.25) is 0 Å². The Kier molecular flexibility index (Phi) is 4.40. The first-order chi connectivity index (χ1) is 6.93. The highest BCUT2D eigenvalue weighted by molar-refractivity contribution is 7.89. The number of halogens is 2. The number of primary sulfonamides is 1. The standard InChI is InChI=1S/C9H11Cl2NO2S/c10-6-8(11)5-7-1-3-9(4-2-7)15(12,13)14/h1-4,8H,5-6H2,(H2,12,13,14). The van der Waals surface area contributed by atoms with Crippen LogP contribution in [0.1, 0.15) is 5.56 Å². The zero-order valence-corrected chi connectivity index (χ0v) is 10.2. The van der Waals surface area contributed by atoms with Gasteiger partial charge in [-0.15, -0.1) is 23.2 Å². The number of hydrogen-bond donors (Lipinski definition) is 1. The number of sulfonamides is 1. The van der Waals surface area contributed by atoms with Gasteiger partial charge in [0.15, 0.2) is 0 Å². The molecule has 84 valence electrons. The number of nitrogens with two attached hydrogens (primary N) is 1. The summed E-state index contributed by atoms with van der Waals surface area (Å²) in [4.78, 5) is 0.100. The van der Waals surface area contributed by atoms with Gasteiger partial charge in [0, 0.05) is 5.88 Å². The molecule has 15 heavy (non-hydrogen) atoms. The van der Waals surface area contributed by atoms with Crippen LogP contribution in [0, 0.1) is 0 Å². The van der Waals surface area contributed by atoms with Crippen molar-refractivity contribution in [3.05, 3.63) is 29.8 Å². The SMILES string of the molecule is NS(=O)(=O)c1ccc(CC(Cl)CCl)cc1. The van der Waals surface area contributed by atoms with Gasteiger partial charge in [0.25, 0.3) is 0 Å². The van der Waals surface area contributed by atoms with Crippen LogP contribution in [0.15, 0.2) is 29.2 Å². The molecule has 0 aliphatic carbocycles. The summed E-state index contributed by atoms with van der Waals surface area (Å²) in [5.41, 5.74) is 0.933. The minimum Gasteiger partial charge on any atom is -0.225 e. The van der Waals surface area contributed by atoms with Crippen LogP contribution in [0.5, 0.6) is 0 Å². The molecule has 0 aliphatic rings. The predicted octanol–water partition coefficient (Wildman–Crippen LogP) is 1.72. The molecule has 1 aromatic rings. The summed E-state index contributed by atoms with van der Waals surface area (Å²) in [6.45, 7) is 0. The van der Waals surface area contributed by atoms with Crippen LogP contribution in [0.4, 0.5) is 0 Å². The quantitative estimate of drug-likeness (QED) is 0.845. The summed E-state index contributed by atoms with van der Waals surface area (Å²) in [5, 5.41) is 4.81. The van der Waals surface area contributed by atoms with Gasteiger partial charge in [0.2, 0.25) is 10.0 Å². The van der Waals surface area contributed by atoms with Gasteiger partial charge in [0.05, 0.1) is 10.3 Å². The van der Waals surface area contributed by atoms with Gasteiger partial charge in [-0.1, -0.05) is 12.1 Å². The third kappa shape index (κ3) is 3.99. The van der Waals surface area contributed by atoms with E-state index in [0.717, 1.165) is 5.56 Å². The van der Waals surface area contributed by atoms with E-state index in [9.17, 15) is 8.42 Å². The highest BCUT2D eigenvalue weighted by Gasteiger charge is 2.08. The summed E-state index contributed by atoms with van der Waals surface area (Å²) in [5.74, 6) is 0.360. The Labute approximate surface area is 99.2 Å². The maximum absolute atomic E-state index is 11.0. The molecule has 0 bridgehead atoms. The Morgan fingerprint density at radius 1 is 1.27 bits per heavy atom. The van der Waals surface area contributed by atoms with Crippen molar-refractivity contribution in [2.45, 2.75) is 16.7 Å². The maximum Gasteiger partial charge on any atom is 0.238 e. The second kappa shape index (κ2) is 5.16. The summed E-state index contributed by atoms with van der Waals surface area (Å²) < 4.78 is 21.9. The molecule has 2 N–H and O–H groups in total. The van der Waals surface area contributed by atoms with Gasteiger partial charge >= 0.3 is 0 Å². The topological polar surface area (TPSA) is 60.2 Å². The van der Waals surface area contributed by atoms with Crippen LogP contribution in [0.25, 0.3) is 0 Å². The Morgan fingerprint density at radius 3 is 2.20 bits per heavy atom. The third-order valence-electron chi connectivity index (χ3n) is 1.88. The van der Waals surface area contributed by atoms with E-state index in [4.69, 9.17) is 28.3 Å². The smallest absolute Gasteiger partial charge is 0.225 e. The molecule has 0 saturated carbocycles. The summed E-state index contributed by atoms with van der Waals surface area (Å²) in [7, 11) is -3.61. The molecule has 0 amide bonds. The van der Waals surface area contributed by atoms with Gasteiger partial charge in [-0.05, 0) is 24.1 Å². The van der Waals surface area contributed by atoms with Crippen LogP contribution >= 0.6 is 23.2 Å². The van der Waals surface area contributed by atoms with E-state index in [0.29, 0.717) is 12.3 Å². The van der Waals surface area contributed by atoms with Crippen molar-refractivity contribution in [1.29, 1.82) is 0 Å². The molecule has 1 unspecified atom stereocenters. The second-order valence-corrected chi connectivity index (χ2v) is 5.63. The first-order valence-electron chi connectivity index (χ1n) is 4.25. The largest absolute Gasteiger partial charge is 0.238 e. The van der Waals surface area contributed by atoms with Crippen LogP contribution in [-0.2, 0) is 16.4 Å². The van der Waals surface area contributed by atoms with E-state index in [2.05, 4.69) is 0 Å². The molecule has 1 rings (SSSR count). The molecule has 0 saturated heterocycles. The van der Waals surface area contributed by atoms with Gasteiger partial charge in [-0.2, -0.15) is 0 Å². The number of alkyl halides is 2. The summed E-state index contributed by atoms with van der Waals surface area (Å²) >= 11 is 11.4. The number of rotatable bonds is 4.